The van der Waals surface area contributed by atoms with Crippen LogP contribution in [0.2, 0.25) is 0 Å². The predicted molar refractivity (Wildman–Crippen MR) is 126 cm³/mol. The number of sulfonamides is 1. The van der Waals surface area contributed by atoms with Crippen LogP contribution in [-0.2, 0) is 19.6 Å². The number of imidazole rings is 1. The summed E-state index contributed by atoms with van der Waals surface area (Å²) in [6.45, 7) is 1.96. The maximum absolute atomic E-state index is 13.3. The second-order valence-electron chi connectivity index (χ2n) is 8.19. The van der Waals surface area contributed by atoms with E-state index in [4.69, 9.17) is 4.74 Å². The summed E-state index contributed by atoms with van der Waals surface area (Å²) < 4.78 is 35.2. The van der Waals surface area contributed by atoms with E-state index in [1.165, 1.54) is 24.2 Å². The van der Waals surface area contributed by atoms with Crippen LogP contribution in [0.5, 0.6) is 0 Å². The minimum Gasteiger partial charge on any atom is -0.459 e. The van der Waals surface area contributed by atoms with E-state index in [1.807, 2.05) is 12.1 Å². The molecule has 2 fully saturated rings. The Morgan fingerprint density at radius 2 is 2.12 bits per heavy atom. The van der Waals surface area contributed by atoms with Crippen molar-refractivity contribution < 1.29 is 22.7 Å². The van der Waals surface area contributed by atoms with Gasteiger partial charge in [-0.2, -0.15) is 17.9 Å². The van der Waals surface area contributed by atoms with Crippen LogP contribution in [0.4, 0.5) is 0 Å². The number of amides is 1. The minimum atomic E-state index is -4.05. The number of carbonyl (C=O) groups excluding carboxylic acids is 2. The van der Waals surface area contributed by atoms with Gasteiger partial charge in [-0.1, -0.05) is 6.07 Å². The molecule has 0 radical (unpaired) electrons. The SMILES string of the molecule is Cc1ccc(C(=O)N2C[C@H]3C[C@@H]2C(=O)O3)cc1S(=O)(=O)N(C)N=Cc1cnc2ccc(Br)cn12. The molecule has 0 aliphatic carbocycles. The van der Waals surface area contributed by atoms with Gasteiger partial charge < -0.3 is 9.64 Å². The number of aryl methyl sites for hydroxylation is 1. The average Bonchev–Trinajstić information content (AvgIpc) is 3.50. The molecule has 1 amide bonds. The number of benzene rings is 1. The second-order valence-corrected chi connectivity index (χ2v) is 11.0. The van der Waals surface area contributed by atoms with Gasteiger partial charge in [-0.05, 0) is 52.7 Å². The van der Waals surface area contributed by atoms with Gasteiger partial charge in [-0.3, -0.25) is 9.20 Å². The summed E-state index contributed by atoms with van der Waals surface area (Å²) in [5.74, 6) is -0.818. The number of aromatic nitrogens is 2. The number of esters is 1. The Kier molecular flexibility index (Phi) is 5.44. The predicted octanol–water partition coefficient (Wildman–Crippen LogP) is 2.20. The molecule has 12 heteroatoms. The van der Waals surface area contributed by atoms with Crippen molar-refractivity contribution in [2.75, 3.05) is 13.6 Å². The molecule has 0 N–H and O–H groups in total. The number of pyridine rings is 1. The van der Waals surface area contributed by atoms with E-state index < -0.39 is 27.9 Å². The van der Waals surface area contributed by atoms with E-state index in [1.54, 1.807) is 35.9 Å². The fraction of sp³-hybridized carbons (Fsp3) is 0.273. The van der Waals surface area contributed by atoms with Gasteiger partial charge in [0.15, 0.2) is 0 Å². The monoisotopic (exact) mass is 545 g/mol. The van der Waals surface area contributed by atoms with Crippen molar-refractivity contribution in [2.24, 2.45) is 5.10 Å². The molecule has 0 spiro atoms. The Morgan fingerprint density at radius 3 is 2.85 bits per heavy atom. The zero-order chi connectivity index (χ0) is 24.2. The van der Waals surface area contributed by atoms with Crippen molar-refractivity contribution >= 4 is 49.7 Å². The third-order valence-electron chi connectivity index (χ3n) is 5.99. The van der Waals surface area contributed by atoms with Gasteiger partial charge in [0.05, 0.1) is 29.5 Å². The molecule has 0 saturated carbocycles. The minimum absolute atomic E-state index is 0.0363. The average molecular weight is 546 g/mol. The molecular formula is C22H20BrN5O5S. The molecule has 1 aromatic carbocycles. The highest BCUT2D eigenvalue weighted by Gasteiger charge is 2.48. The maximum atomic E-state index is 13.3. The number of hydrazone groups is 1. The first-order valence-electron chi connectivity index (χ1n) is 10.4. The van der Waals surface area contributed by atoms with E-state index in [0.29, 0.717) is 29.9 Å². The fourth-order valence-electron chi connectivity index (χ4n) is 4.16. The van der Waals surface area contributed by atoms with Crippen LogP contribution < -0.4 is 0 Å². The number of likely N-dealkylation sites (tertiary alicyclic amines) is 1. The van der Waals surface area contributed by atoms with Crippen LogP contribution in [0.15, 0.2) is 57.2 Å². The molecule has 4 heterocycles. The quantitative estimate of drug-likeness (QED) is 0.276. The molecule has 2 saturated heterocycles. The van der Waals surface area contributed by atoms with Crippen molar-refractivity contribution in [1.29, 1.82) is 0 Å². The summed E-state index contributed by atoms with van der Waals surface area (Å²) in [6, 6.07) is 7.53. The normalized spacial score (nSPS) is 19.9. The van der Waals surface area contributed by atoms with Crippen molar-refractivity contribution in [1.82, 2.24) is 18.7 Å². The van der Waals surface area contributed by atoms with Gasteiger partial charge in [0.1, 0.15) is 17.8 Å². The van der Waals surface area contributed by atoms with Gasteiger partial charge in [-0.25, -0.2) is 9.78 Å². The highest BCUT2D eigenvalue weighted by molar-refractivity contribution is 9.10. The van der Waals surface area contributed by atoms with E-state index in [2.05, 4.69) is 26.0 Å². The smallest absolute Gasteiger partial charge is 0.329 e. The maximum Gasteiger partial charge on any atom is 0.329 e. The Morgan fingerprint density at radius 1 is 1.32 bits per heavy atom. The van der Waals surface area contributed by atoms with Crippen LogP contribution in [-0.4, -0.2) is 70.9 Å². The zero-order valence-corrected chi connectivity index (χ0v) is 20.7. The van der Waals surface area contributed by atoms with Crippen LogP contribution in [0.1, 0.15) is 28.0 Å². The Hall–Kier alpha value is -3.25. The van der Waals surface area contributed by atoms with Gasteiger partial charge in [0.2, 0.25) is 0 Å². The highest BCUT2D eigenvalue weighted by atomic mass is 79.9. The molecule has 5 rings (SSSR count). The number of carbonyl (C=O) groups is 2. The lowest BCUT2D eigenvalue weighted by atomic mass is 10.1. The van der Waals surface area contributed by atoms with Gasteiger partial charge >= 0.3 is 5.97 Å². The first-order chi connectivity index (χ1) is 16.1. The zero-order valence-electron chi connectivity index (χ0n) is 18.3. The van der Waals surface area contributed by atoms with Crippen LogP contribution in [0, 0.1) is 6.92 Å². The van der Waals surface area contributed by atoms with E-state index in [9.17, 15) is 18.0 Å². The number of ether oxygens (including phenoxy) is 1. The first kappa shape index (κ1) is 22.5. The molecule has 2 aromatic heterocycles. The van der Waals surface area contributed by atoms with Crippen LogP contribution in [0.3, 0.4) is 0 Å². The number of hydrogen-bond acceptors (Lipinski definition) is 7. The summed E-state index contributed by atoms with van der Waals surface area (Å²) in [5.41, 5.74) is 1.94. The first-order valence-corrected chi connectivity index (χ1v) is 12.7. The Labute approximate surface area is 204 Å². The largest absolute Gasteiger partial charge is 0.459 e. The van der Waals surface area contributed by atoms with Crippen molar-refractivity contribution in [3.8, 4) is 0 Å². The van der Waals surface area contributed by atoms with Gasteiger partial charge in [0.25, 0.3) is 15.9 Å². The molecule has 10 nitrogen and oxygen atoms in total. The lowest BCUT2D eigenvalue weighted by Gasteiger charge is -2.26. The molecule has 2 aliphatic rings. The Balaban J connectivity index is 1.42. The van der Waals surface area contributed by atoms with Crippen LogP contribution >= 0.6 is 15.9 Å². The van der Waals surface area contributed by atoms with E-state index in [0.717, 1.165) is 8.89 Å². The number of rotatable bonds is 5. The molecule has 176 valence electrons. The van der Waals surface area contributed by atoms with E-state index in [-0.39, 0.29) is 16.6 Å². The number of fused-ring (bicyclic) bond motifs is 3. The molecular weight excluding hydrogens is 526 g/mol. The van der Waals surface area contributed by atoms with E-state index >= 15 is 0 Å². The van der Waals surface area contributed by atoms with Crippen molar-refractivity contribution in [2.45, 2.75) is 30.4 Å². The lowest BCUT2D eigenvalue weighted by Crippen LogP contribution is -2.44. The third-order valence-corrected chi connectivity index (χ3v) is 8.24. The van der Waals surface area contributed by atoms with Crippen LogP contribution in [0.25, 0.3) is 5.65 Å². The topological polar surface area (TPSA) is 114 Å². The number of halogens is 1. The molecule has 2 bridgehead atoms. The van der Waals surface area contributed by atoms with Crippen molar-refractivity contribution in [3.63, 3.8) is 0 Å². The lowest BCUT2D eigenvalue weighted by molar-refractivity contribution is -0.149. The molecule has 2 atom stereocenters. The summed E-state index contributed by atoms with van der Waals surface area (Å²) in [5, 5.41) is 4.12. The molecule has 34 heavy (non-hydrogen) atoms. The molecule has 2 aliphatic heterocycles. The number of morpholine rings is 1. The number of hydrogen-bond donors (Lipinski definition) is 0. The molecule has 0 unspecified atom stereocenters. The van der Waals surface area contributed by atoms with Crippen molar-refractivity contribution in [3.05, 3.63) is 64.0 Å². The number of nitrogens with zero attached hydrogens (tertiary/aromatic N) is 5. The van der Waals surface area contributed by atoms with Gasteiger partial charge in [0, 0.05) is 29.7 Å². The summed E-state index contributed by atoms with van der Waals surface area (Å²) in [7, 11) is -2.72. The standard InChI is InChI=1S/C22H20BrN5O5S/c1-13-3-4-14(21(29)28-12-17-8-18(28)22(30)33-17)7-19(13)34(31,32)26(2)25-10-16-9-24-20-6-5-15(23)11-27(16)20/h3-7,9-11,17-18H,8,12H2,1-2H3/t17-,18-/m1/s1. The Bertz CT molecular complexity index is 1470. The molecule has 3 aromatic rings. The van der Waals surface area contributed by atoms with Gasteiger partial charge in [-0.15, -0.1) is 0 Å². The summed E-state index contributed by atoms with van der Waals surface area (Å²) >= 11 is 3.40. The summed E-state index contributed by atoms with van der Waals surface area (Å²) in [4.78, 5) is 30.6. The summed E-state index contributed by atoms with van der Waals surface area (Å²) in [6.07, 6.45) is 4.97. The second kappa shape index (κ2) is 8.20. The third kappa shape index (κ3) is 3.76. The highest BCUT2D eigenvalue weighted by Crippen LogP contribution is 2.31. The fourth-order valence-corrected chi connectivity index (χ4v) is 5.71.